The van der Waals surface area contributed by atoms with Crippen LogP contribution in [0.1, 0.15) is 45.6 Å². The van der Waals surface area contributed by atoms with Gasteiger partial charge in [0.05, 0.1) is 5.41 Å². The van der Waals surface area contributed by atoms with E-state index >= 15 is 0 Å². The molecule has 2 bridgehead atoms. The van der Waals surface area contributed by atoms with Crippen LogP contribution in [0.3, 0.4) is 0 Å². The number of halogens is 1. The van der Waals surface area contributed by atoms with Crippen LogP contribution in [0, 0.1) is 23.2 Å². The van der Waals surface area contributed by atoms with Crippen LogP contribution >= 0.6 is 11.6 Å². The highest BCUT2D eigenvalue weighted by Gasteiger charge is 2.72. The molecule has 2 atom stereocenters. The summed E-state index contributed by atoms with van der Waals surface area (Å²) in [7, 11) is 0. The van der Waals surface area contributed by atoms with Gasteiger partial charge in [0.2, 0.25) is 5.91 Å². The number of rotatable bonds is 2. The molecule has 2 fully saturated rings. The molecule has 0 radical (unpaired) electrons. The van der Waals surface area contributed by atoms with Crippen LogP contribution in [-0.4, -0.2) is 11.7 Å². The van der Waals surface area contributed by atoms with Crippen LogP contribution < -0.4 is 5.32 Å². The molecule has 0 saturated heterocycles. The quantitative estimate of drug-likeness (QED) is 0.879. The van der Waals surface area contributed by atoms with Gasteiger partial charge in [-0.1, -0.05) is 38.4 Å². The lowest BCUT2D eigenvalue weighted by Crippen LogP contribution is -2.43. The van der Waals surface area contributed by atoms with Crippen molar-refractivity contribution in [1.82, 2.24) is 0 Å². The largest absolute Gasteiger partial charge is 0.326 e. The molecule has 1 N–H and O–H groups in total. The molecular formula is C18H22ClNO2. The second-order valence-corrected chi connectivity index (χ2v) is 7.96. The summed E-state index contributed by atoms with van der Waals surface area (Å²) >= 11 is 6.13. The lowest BCUT2D eigenvalue weighted by Gasteiger charge is -2.38. The Morgan fingerprint density at radius 1 is 1.23 bits per heavy atom. The summed E-state index contributed by atoms with van der Waals surface area (Å²) in [6.45, 7) is 8.06. The molecule has 0 heterocycles. The molecule has 22 heavy (non-hydrogen) atoms. The Bertz CT molecular complexity index is 682. The number of benzene rings is 1. The second-order valence-electron chi connectivity index (χ2n) is 7.56. The number of hydrogen-bond acceptors (Lipinski definition) is 2. The van der Waals surface area contributed by atoms with Gasteiger partial charge in [-0.25, -0.2) is 0 Å². The number of carbonyl (C=O) groups is 2. The van der Waals surface area contributed by atoms with Crippen molar-refractivity contribution in [2.45, 2.75) is 47.0 Å². The first-order valence-electron chi connectivity index (χ1n) is 7.75. The van der Waals surface area contributed by atoms with Gasteiger partial charge in [0.25, 0.3) is 0 Å². The van der Waals surface area contributed by atoms with Gasteiger partial charge in [0, 0.05) is 22.5 Å². The Balaban J connectivity index is 1.92. The lowest BCUT2D eigenvalue weighted by molar-refractivity contribution is -0.131. The topological polar surface area (TPSA) is 46.2 Å². The van der Waals surface area contributed by atoms with E-state index in [1.165, 1.54) is 0 Å². The highest BCUT2D eigenvalue weighted by atomic mass is 35.5. The fourth-order valence-electron chi connectivity index (χ4n) is 4.28. The van der Waals surface area contributed by atoms with E-state index in [9.17, 15) is 9.59 Å². The van der Waals surface area contributed by atoms with E-state index in [2.05, 4.69) is 19.2 Å². The van der Waals surface area contributed by atoms with Crippen LogP contribution in [0.2, 0.25) is 5.02 Å². The van der Waals surface area contributed by atoms with Gasteiger partial charge in [-0.3, -0.25) is 9.59 Å². The van der Waals surface area contributed by atoms with Gasteiger partial charge in [-0.15, -0.1) is 0 Å². The molecule has 118 valence electrons. The van der Waals surface area contributed by atoms with Gasteiger partial charge in [0.15, 0.2) is 0 Å². The number of fused-ring (bicyclic) bond motifs is 2. The molecule has 4 heteroatoms. The fraction of sp³-hybridized carbons (Fsp3) is 0.556. The Hall–Kier alpha value is -1.35. The van der Waals surface area contributed by atoms with E-state index in [1.54, 1.807) is 6.07 Å². The fourth-order valence-corrected chi connectivity index (χ4v) is 4.46. The van der Waals surface area contributed by atoms with E-state index in [-0.39, 0.29) is 22.5 Å². The molecule has 3 nitrogen and oxygen atoms in total. The number of Topliss-reactive ketones (excluding diaryl/α,β-unsaturated/α-hetero) is 1. The normalized spacial score (nSPS) is 32.3. The number of aryl methyl sites for hydroxylation is 1. The molecule has 3 rings (SSSR count). The maximum atomic E-state index is 13.0. The van der Waals surface area contributed by atoms with E-state index in [0.29, 0.717) is 17.1 Å². The van der Waals surface area contributed by atoms with E-state index in [4.69, 9.17) is 11.6 Å². The summed E-state index contributed by atoms with van der Waals surface area (Å²) < 4.78 is 0. The zero-order valence-electron chi connectivity index (χ0n) is 13.5. The third kappa shape index (κ3) is 1.75. The number of hydrogen-bond donors (Lipinski definition) is 1. The molecule has 2 saturated carbocycles. The van der Waals surface area contributed by atoms with Crippen molar-refractivity contribution < 1.29 is 9.59 Å². The number of anilines is 1. The predicted molar refractivity (Wildman–Crippen MR) is 88.0 cm³/mol. The summed E-state index contributed by atoms with van der Waals surface area (Å²) in [5.74, 6) is 0.174. The minimum absolute atomic E-state index is 0.0491. The van der Waals surface area contributed by atoms with E-state index < -0.39 is 5.41 Å². The molecule has 0 spiro atoms. The minimum atomic E-state index is -0.601. The van der Waals surface area contributed by atoms with Crippen molar-refractivity contribution in [3.05, 3.63) is 28.8 Å². The lowest BCUT2D eigenvalue weighted by atomic mass is 9.64. The molecule has 0 aromatic heterocycles. The molecule has 0 unspecified atom stereocenters. The van der Waals surface area contributed by atoms with Crippen LogP contribution in [0.25, 0.3) is 0 Å². The van der Waals surface area contributed by atoms with Crippen molar-refractivity contribution in [2.24, 2.45) is 16.2 Å². The summed E-state index contributed by atoms with van der Waals surface area (Å²) in [5, 5.41) is 3.62. The van der Waals surface area contributed by atoms with Gasteiger partial charge >= 0.3 is 0 Å². The summed E-state index contributed by atoms with van der Waals surface area (Å²) in [6, 6.07) is 5.51. The first-order valence-corrected chi connectivity index (χ1v) is 8.13. The third-order valence-corrected chi connectivity index (χ3v) is 6.98. The summed E-state index contributed by atoms with van der Waals surface area (Å²) in [6.07, 6.45) is 1.91. The SMILES string of the molecule is Cc1ccc(NC(=O)[C@]23CC[C@](C)(C(=O)C2)C3(C)C)cc1Cl. The summed E-state index contributed by atoms with van der Waals surface area (Å²) in [5.41, 5.74) is 0.363. The molecule has 2 aliphatic carbocycles. The molecular weight excluding hydrogens is 298 g/mol. The molecule has 2 aliphatic rings. The number of amides is 1. The number of nitrogens with one attached hydrogen (secondary N) is 1. The van der Waals surface area contributed by atoms with Gasteiger partial charge in [0.1, 0.15) is 5.78 Å². The smallest absolute Gasteiger partial charge is 0.231 e. The van der Waals surface area contributed by atoms with E-state index in [0.717, 1.165) is 18.4 Å². The zero-order valence-corrected chi connectivity index (χ0v) is 14.3. The average Bonchev–Trinajstić information content (AvgIpc) is 2.73. The standard InChI is InChI=1S/C18H22ClNO2/c1-11-5-6-12(9-13(11)19)20-15(22)18-8-7-17(4,14(21)10-18)16(18,2)3/h5-6,9H,7-8,10H2,1-4H3,(H,20,22)/t17-,18+/m1/s1. The molecule has 1 amide bonds. The molecule has 0 aliphatic heterocycles. The molecule has 1 aromatic rings. The van der Waals surface area contributed by atoms with Crippen molar-refractivity contribution in [2.75, 3.05) is 5.32 Å². The minimum Gasteiger partial charge on any atom is -0.326 e. The van der Waals surface area contributed by atoms with Crippen LogP contribution in [0.4, 0.5) is 5.69 Å². The van der Waals surface area contributed by atoms with Crippen LogP contribution in [-0.2, 0) is 9.59 Å². The summed E-state index contributed by atoms with van der Waals surface area (Å²) in [4.78, 5) is 25.4. The van der Waals surface area contributed by atoms with Crippen molar-refractivity contribution >= 4 is 29.0 Å². The van der Waals surface area contributed by atoms with Crippen LogP contribution in [0.5, 0.6) is 0 Å². The average molecular weight is 320 g/mol. The maximum absolute atomic E-state index is 13.0. The Morgan fingerprint density at radius 3 is 2.41 bits per heavy atom. The first-order chi connectivity index (χ1) is 10.1. The Kier molecular flexibility index (Phi) is 3.23. The predicted octanol–water partition coefficient (Wildman–Crippen LogP) is 4.37. The van der Waals surface area contributed by atoms with Gasteiger partial charge in [-0.05, 0) is 42.9 Å². The van der Waals surface area contributed by atoms with Crippen LogP contribution in [0.15, 0.2) is 18.2 Å². The first kappa shape index (κ1) is 15.5. The number of carbonyl (C=O) groups excluding carboxylic acids is 2. The third-order valence-electron chi connectivity index (χ3n) is 6.57. The van der Waals surface area contributed by atoms with Gasteiger partial charge in [-0.2, -0.15) is 0 Å². The zero-order chi connectivity index (χ0) is 16.3. The van der Waals surface area contributed by atoms with Crippen molar-refractivity contribution in [3.63, 3.8) is 0 Å². The number of ketones is 1. The Labute approximate surface area is 136 Å². The maximum Gasteiger partial charge on any atom is 0.231 e. The van der Waals surface area contributed by atoms with Gasteiger partial charge < -0.3 is 5.32 Å². The second kappa shape index (κ2) is 4.58. The molecule has 1 aromatic carbocycles. The highest BCUT2D eigenvalue weighted by Crippen LogP contribution is 2.70. The van der Waals surface area contributed by atoms with Crippen molar-refractivity contribution in [1.29, 1.82) is 0 Å². The highest BCUT2D eigenvalue weighted by molar-refractivity contribution is 6.31. The Morgan fingerprint density at radius 2 is 1.91 bits per heavy atom. The van der Waals surface area contributed by atoms with Crippen molar-refractivity contribution in [3.8, 4) is 0 Å². The monoisotopic (exact) mass is 319 g/mol. The van der Waals surface area contributed by atoms with E-state index in [1.807, 2.05) is 26.0 Å².